The van der Waals surface area contributed by atoms with Crippen LogP contribution in [-0.4, -0.2) is 38.2 Å². The van der Waals surface area contributed by atoms with E-state index >= 15 is 0 Å². The Kier molecular flexibility index (Phi) is 5.34. The predicted octanol–water partition coefficient (Wildman–Crippen LogP) is 2.50. The Labute approximate surface area is 191 Å². The van der Waals surface area contributed by atoms with Crippen LogP contribution in [0, 0.1) is 16.6 Å². The summed E-state index contributed by atoms with van der Waals surface area (Å²) in [5.41, 5.74) is -0.976. The lowest BCUT2D eigenvalue weighted by atomic mass is 9.74. The molecule has 0 bridgehead atoms. The van der Waals surface area contributed by atoms with Gasteiger partial charge in [-0.2, -0.15) is 5.10 Å². The Hall–Kier alpha value is -3.03. The number of carbonyl (C=O) groups excluding carboxylic acids is 1. The topological polar surface area (TPSA) is 77.2 Å². The van der Waals surface area contributed by atoms with Gasteiger partial charge in [-0.15, -0.1) is 0 Å². The zero-order chi connectivity index (χ0) is 23.2. The molecule has 1 saturated heterocycles. The number of allylic oxidation sites excluding steroid dienone is 2. The third-order valence-corrected chi connectivity index (χ3v) is 7.71. The van der Waals surface area contributed by atoms with Crippen LogP contribution in [-0.2, 0) is 24.3 Å². The molecule has 174 valence electrons. The number of benzene rings is 1. The van der Waals surface area contributed by atoms with Crippen molar-refractivity contribution in [3.63, 3.8) is 0 Å². The number of aromatic nitrogens is 3. The summed E-state index contributed by atoms with van der Waals surface area (Å²) in [6.07, 6.45) is 9.08. The average molecular weight is 453 g/mol. The maximum absolute atomic E-state index is 13.2. The van der Waals surface area contributed by atoms with Crippen molar-refractivity contribution in [1.82, 2.24) is 19.2 Å². The fourth-order valence-corrected chi connectivity index (χ4v) is 5.53. The minimum Gasteiger partial charge on any atom is -0.342 e. The standard InChI is InChI=1S/C25H29FN4O3/c1-24(9-3-2-4-10-24)23(33)28-13-11-25(12-14-28)15-20-27-30(22(32)21(31)29(20)17-25)16-18-5-7-19(26)8-6-18/h2-3,5-8H,4,9-17H2,1H3/t24-/m1/s1. The van der Waals surface area contributed by atoms with E-state index in [0.717, 1.165) is 32.1 Å². The van der Waals surface area contributed by atoms with Gasteiger partial charge in [0, 0.05) is 26.1 Å². The number of piperidine rings is 1. The first-order chi connectivity index (χ1) is 15.8. The van der Waals surface area contributed by atoms with Crippen LogP contribution in [0.4, 0.5) is 4.39 Å². The van der Waals surface area contributed by atoms with Gasteiger partial charge in [-0.05, 0) is 55.2 Å². The van der Waals surface area contributed by atoms with Gasteiger partial charge < -0.3 is 4.90 Å². The highest BCUT2D eigenvalue weighted by Crippen LogP contribution is 2.42. The van der Waals surface area contributed by atoms with Gasteiger partial charge in [-0.25, -0.2) is 9.07 Å². The van der Waals surface area contributed by atoms with Gasteiger partial charge in [0.15, 0.2) is 0 Å². The molecule has 1 aliphatic carbocycles. The van der Waals surface area contributed by atoms with Crippen LogP contribution < -0.4 is 11.1 Å². The highest BCUT2D eigenvalue weighted by Gasteiger charge is 2.45. The van der Waals surface area contributed by atoms with E-state index in [2.05, 4.69) is 24.2 Å². The molecule has 3 heterocycles. The second-order valence-electron chi connectivity index (χ2n) is 10.1. The number of carbonyl (C=O) groups is 1. The molecule has 2 aliphatic heterocycles. The molecule has 1 atom stereocenters. The molecule has 0 saturated carbocycles. The van der Waals surface area contributed by atoms with Gasteiger partial charge in [0.05, 0.1) is 12.0 Å². The van der Waals surface area contributed by atoms with E-state index in [4.69, 9.17) is 0 Å². The molecular weight excluding hydrogens is 423 g/mol. The highest BCUT2D eigenvalue weighted by molar-refractivity contribution is 5.82. The Bertz CT molecular complexity index is 1220. The monoisotopic (exact) mass is 452 g/mol. The Morgan fingerprint density at radius 3 is 2.45 bits per heavy atom. The minimum absolute atomic E-state index is 0.129. The predicted molar refractivity (Wildman–Crippen MR) is 121 cm³/mol. The summed E-state index contributed by atoms with van der Waals surface area (Å²) in [5, 5.41) is 4.50. The minimum atomic E-state index is -0.661. The van der Waals surface area contributed by atoms with Gasteiger partial charge in [-0.3, -0.25) is 19.0 Å². The van der Waals surface area contributed by atoms with Crippen molar-refractivity contribution in [1.29, 1.82) is 0 Å². The Morgan fingerprint density at radius 2 is 1.79 bits per heavy atom. The fourth-order valence-electron chi connectivity index (χ4n) is 5.53. The average Bonchev–Trinajstić information content (AvgIpc) is 3.17. The first kappa shape index (κ1) is 21.8. The van der Waals surface area contributed by atoms with Crippen LogP contribution >= 0.6 is 0 Å². The number of hydrogen-bond donors (Lipinski definition) is 0. The summed E-state index contributed by atoms with van der Waals surface area (Å²) >= 11 is 0. The lowest BCUT2D eigenvalue weighted by Gasteiger charge is -2.42. The van der Waals surface area contributed by atoms with Gasteiger partial charge in [-0.1, -0.05) is 31.2 Å². The summed E-state index contributed by atoms with van der Waals surface area (Å²) in [4.78, 5) is 40.7. The van der Waals surface area contributed by atoms with Crippen molar-refractivity contribution >= 4 is 5.91 Å². The molecule has 1 fully saturated rings. The zero-order valence-electron chi connectivity index (χ0n) is 18.9. The van der Waals surface area contributed by atoms with Gasteiger partial charge >= 0.3 is 11.1 Å². The molecule has 1 aromatic carbocycles. The number of likely N-dealkylation sites (tertiary alicyclic amines) is 1. The molecule has 7 nitrogen and oxygen atoms in total. The van der Waals surface area contributed by atoms with Crippen molar-refractivity contribution in [2.45, 2.75) is 58.5 Å². The molecule has 2 aromatic rings. The normalized spacial score (nSPS) is 23.6. The summed E-state index contributed by atoms with van der Waals surface area (Å²) in [7, 11) is 0. The van der Waals surface area contributed by atoms with E-state index in [1.807, 2.05) is 4.90 Å². The smallest absolute Gasteiger partial charge is 0.332 e. The van der Waals surface area contributed by atoms with Gasteiger partial charge in [0.1, 0.15) is 11.6 Å². The first-order valence-corrected chi connectivity index (χ1v) is 11.7. The van der Waals surface area contributed by atoms with E-state index in [1.165, 1.54) is 21.4 Å². The van der Waals surface area contributed by atoms with Crippen LogP contribution in [0.25, 0.3) is 0 Å². The number of hydrogen-bond acceptors (Lipinski definition) is 4. The quantitative estimate of drug-likeness (QED) is 0.530. The van der Waals surface area contributed by atoms with Crippen LogP contribution in [0.1, 0.15) is 50.4 Å². The fraction of sp³-hybridized carbons (Fsp3) is 0.520. The zero-order valence-corrected chi connectivity index (χ0v) is 18.9. The van der Waals surface area contributed by atoms with Gasteiger partial charge in [0.2, 0.25) is 5.91 Å². The van der Waals surface area contributed by atoms with Crippen LogP contribution in [0.2, 0.25) is 0 Å². The Morgan fingerprint density at radius 1 is 1.06 bits per heavy atom. The lowest BCUT2D eigenvalue weighted by molar-refractivity contribution is -0.144. The molecule has 0 radical (unpaired) electrons. The molecule has 0 unspecified atom stereocenters. The molecule has 3 aliphatic rings. The second-order valence-corrected chi connectivity index (χ2v) is 10.1. The molecule has 5 rings (SSSR count). The molecule has 8 heteroatoms. The molecular formula is C25H29FN4O3. The molecule has 0 N–H and O–H groups in total. The van der Waals surface area contributed by atoms with Crippen LogP contribution in [0.5, 0.6) is 0 Å². The number of amides is 1. The largest absolute Gasteiger partial charge is 0.342 e. The number of rotatable bonds is 3. The summed E-state index contributed by atoms with van der Waals surface area (Å²) in [6.45, 7) is 4.00. The summed E-state index contributed by atoms with van der Waals surface area (Å²) < 4.78 is 15.9. The highest BCUT2D eigenvalue weighted by atomic mass is 19.1. The lowest BCUT2D eigenvalue weighted by Crippen LogP contribution is -2.49. The molecule has 1 aromatic heterocycles. The van der Waals surface area contributed by atoms with E-state index in [0.29, 0.717) is 37.4 Å². The third kappa shape index (κ3) is 3.96. The molecule has 33 heavy (non-hydrogen) atoms. The molecule has 1 spiro atoms. The van der Waals surface area contributed by atoms with E-state index in [1.54, 1.807) is 12.1 Å². The SMILES string of the molecule is C[C@@]1(C(=O)N2CCC3(CC2)Cc2nn(Cc4ccc(F)cc4)c(=O)c(=O)n2C3)CC=CCC1. The first-order valence-electron chi connectivity index (χ1n) is 11.7. The maximum atomic E-state index is 13.2. The van der Waals surface area contributed by atoms with E-state index in [9.17, 15) is 18.8 Å². The summed E-state index contributed by atoms with van der Waals surface area (Å²) in [5.74, 6) is 0.492. The summed E-state index contributed by atoms with van der Waals surface area (Å²) in [6, 6.07) is 5.83. The number of nitrogens with zero attached hydrogens (tertiary/aromatic N) is 4. The maximum Gasteiger partial charge on any atom is 0.332 e. The Balaban J connectivity index is 1.31. The number of fused-ring (bicyclic) bond motifs is 1. The van der Waals surface area contributed by atoms with Crippen LogP contribution in [0.15, 0.2) is 46.0 Å². The van der Waals surface area contributed by atoms with Crippen molar-refractivity contribution < 1.29 is 9.18 Å². The van der Waals surface area contributed by atoms with Crippen LogP contribution in [0.3, 0.4) is 0 Å². The van der Waals surface area contributed by atoms with E-state index in [-0.39, 0.29) is 29.1 Å². The third-order valence-electron chi connectivity index (χ3n) is 7.71. The second kappa shape index (κ2) is 8.08. The van der Waals surface area contributed by atoms with Gasteiger partial charge in [0.25, 0.3) is 0 Å². The van der Waals surface area contributed by atoms with Crippen molar-refractivity contribution in [2.75, 3.05) is 13.1 Å². The van der Waals surface area contributed by atoms with E-state index < -0.39 is 11.1 Å². The van der Waals surface area contributed by atoms with Crippen molar-refractivity contribution in [3.8, 4) is 0 Å². The van der Waals surface area contributed by atoms with Crippen molar-refractivity contribution in [2.24, 2.45) is 10.8 Å². The molecule has 1 amide bonds. The number of halogens is 1. The van der Waals surface area contributed by atoms with Crippen molar-refractivity contribution in [3.05, 3.63) is 74.3 Å².